The molecule has 0 aliphatic rings. The molecule has 1 aromatic carbocycles. The van der Waals surface area contributed by atoms with Crippen LogP contribution in [-0.2, 0) is 14.9 Å². The third-order valence-electron chi connectivity index (χ3n) is 13.8. The largest absolute Gasteiger partial charge is 0.464 e. The molecule has 0 aliphatic heterocycles. The molecule has 97 heavy (non-hydrogen) atoms. The molecule has 0 amide bonds. The van der Waals surface area contributed by atoms with E-state index in [1.165, 1.54) is 120 Å². The van der Waals surface area contributed by atoms with E-state index in [2.05, 4.69) is 69.3 Å². The van der Waals surface area contributed by atoms with Gasteiger partial charge in [0, 0.05) is 48.0 Å². The molecule has 0 atom stereocenters. The van der Waals surface area contributed by atoms with Gasteiger partial charge in [0.15, 0.2) is 0 Å². The van der Waals surface area contributed by atoms with E-state index in [-0.39, 0.29) is 18.6 Å². The summed E-state index contributed by atoms with van der Waals surface area (Å²) in [5, 5.41) is 79.5. The number of furan rings is 2. The lowest BCUT2D eigenvalue weighted by Gasteiger charge is -2.18. The minimum absolute atomic E-state index is 0.148. The van der Waals surface area contributed by atoms with E-state index in [4.69, 9.17) is 79.6 Å². The first kappa shape index (κ1) is 69.8. The number of ether oxygens (including phenoxy) is 2. The van der Waals surface area contributed by atoms with Gasteiger partial charge in [0.25, 0.3) is 0 Å². The fourth-order valence-corrected chi connectivity index (χ4v) is 22.6. The first-order valence-corrected chi connectivity index (χ1v) is 37.2. The number of halogens is 1. The van der Waals surface area contributed by atoms with Crippen molar-refractivity contribution in [2.45, 2.75) is 40.0 Å². The van der Waals surface area contributed by atoms with Crippen molar-refractivity contribution >= 4 is 224 Å². The minimum Gasteiger partial charge on any atom is -0.464 e. The second-order valence-corrected chi connectivity index (χ2v) is 33.5. The van der Waals surface area contributed by atoms with E-state index < -0.39 is 11.9 Å². The van der Waals surface area contributed by atoms with Crippen molar-refractivity contribution in [2.75, 3.05) is 41.9 Å². The number of fused-ring (bicyclic) bond motifs is 5. The van der Waals surface area contributed by atoms with E-state index in [1.807, 2.05) is 29.6 Å². The van der Waals surface area contributed by atoms with Crippen molar-refractivity contribution in [3.63, 3.8) is 0 Å². The Morgan fingerprint density at radius 1 is 0.443 bits per heavy atom. The van der Waals surface area contributed by atoms with Gasteiger partial charge in [-0.25, -0.2) is 9.59 Å². The maximum Gasteiger partial charge on any atom is 0.350 e. The van der Waals surface area contributed by atoms with Gasteiger partial charge in [0.05, 0.1) is 85.4 Å². The molecule has 0 radical (unpaired) electrons. The van der Waals surface area contributed by atoms with Gasteiger partial charge in [-0.3, -0.25) is 0 Å². The molecule has 10 N–H and O–H groups in total. The van der Waals surface area contributed by atoms with Crippen molar-refractivity contribution in [1.29, 1.82) is 42.1 Å². The number of carbonyl (C=O) groups excluding carboxylic acids is 2. The third-order valence-corrected chi connectivity index (χ3v) is 26.6. The Morgan fingerprint density at radius 3 is 1.25 bits per heavy atom. The Kier molecular flexibility index (Phi) is 21.2. The van der Waals surface area contributed by atoms with Gasteiger partial charge < -0.3 is 47.0 Å². The highest BCUT2D eigenvalue weighted by molar-refractivity contribution is 7.42. The Balaban J connectivity index is 0.000000132. The maximum atomic E-state index is 12.3. The molecule has 19 nitrogen and oxygen atoms in total. The summed E-state index contributed by atoms with van der Waals surface area (Å²) in [5.74, 6) is 0.205. The summed E-state index contributed by atoms with van der Waals surface area (Å²) in [6.45, 7) is 10.2. The smallest absolute Gasteiger partial charge is 0.350 e. The van der Waals surface area contributed by atoms with Crippen LogP contribution in [0.25, 0.3) is 91.2 Å². The predicted octanol–water partition coefficient (Wildman–Crippen LogP) is 19.9. The average molecular weight is 1500 g/mol. The van der Waals surface area contributed by atoms with Crippen molar-refractivity contribution < 1.29 is 27.9 Å². The van der Waals surface area contributed by atoms with Crippen LogP contribution < -0.4 is 28.7 Å². The van der Waals surface area contributed by atoms with Gasteiger partial charge in [-0.15, -0.1) is 125 Å². The topological polar surface area (TPSA) is 399 Å². The Labute approximate surface area is 600 Å². The lowest BCUT2D eigenvalue weighted by Crippen LogP contribution is -2.12. The zero-order chi connectivity index (χ0) is 69.7. The summed E-state index contributed by atoms with van der Waals surface area (Å²) < 4.78 is 25.4. The number of anilines is 5. The van der Waals surface area contributed by atoms with Crippen molar-refractivity contribution in [3.05, 3.63) is 138 Å². The van der Waals surface area contributed by atoms with Gasteiger partial charge in [0.1, 0.15) is 109 Å². The Bertz CT molecular complexity index is 5580. The zero-order valence-corrected chi connectivity index (χ0v) is 60.4. The number of nitriles is 8. The van der Waals surface area contributed by atoms with Crippen LogP contribution in [0, 0.1) is 90.6 Å². The van der Waals surface area contributed by atoms with Crippen LogP contribution in [0.2, 0.25) is 5.02 Å². The molecule has 0 unspecified atom stereocenters. The number of nitrogens with zero attached hydrogens (tertiary/aromatic N) is 8. The molecule has 14 aromatic rings. The number of nitrogen functional groups attached to an aromatic ring is 5. The number of benzene rings is 1. The van der Waals surface area contributed by atoms with Gasteiger partial charge >= 0.3 is 11.9 Å². The highest BCUT2D eigenvalue weighted by atomic mass is 35.5. The number of esters is 2. The molecule has 13 heterocycles. The molecule has 0 aliphatic carbocycles. The Morgan fingerprint density at radius 2 is 0.814 bits per heavy atom. The van der Waals surface area contributed by atoms with E-state index in [9.17, 15) is 30.6 Å². The maximum absolute atomic E-state index is 12.3. The standard InChI is InChI=1S/C16H15NO5S2.C14H6ClN3S2.C12H5N3OS2.C12H5N3S3.C12H11N3S2/c1-3-20-14(18)12-9(8-6-5-7-22-8)10-11(17)13(15(19)21-4-2)24-16(10)23-12;15-8-3-1-7(2-4-8)11-9(5-16)19-14-12(11)13(18)10(6-17)20-14;2*13-4-7-9(6-2-1-3-16-6)10-11(15)8(5-14)18-12(10)17-7;1-12(2,3)9-6(4-13)16-11-8(9)10(15)7(5-14)17-11/h5-7H,3-4,17H2,1-2H3;1-4H,18H2;2*1-3H,15H2;15H2,1-3H3. The van der Waals surface area contributed by atoms with E-state index in [0.29, 0.717) is 110 Å². The molecule has 14 rings (SSSR count). The molecular formula is C66H42ClN13O6S11. The average Bonchev–Trinajstić information content (AvgIpc) is 1.63. The molecule has 480 valence electrons. The second-order valence-electron chi connectivity index (χ2n) is 20.6. The normalized spacial score (nSPS) is 10.7. The van der Waals surface area contributed by atoms with Crippen molar-refractivity contribution in [1.82, 2.24) is 0 Å². The number of thiophene rings is 11. The van der Waals surface area contributed by atoms with E-state index >= 15 is 0 Å². The molecule has 0 spiro atoms. The molecule has 0 fully saturated rings. The summed E-state index contributed by atoms with van der Waals surface area (Å²) in [4.78, 5) is 30.7. The number of nitrogens with two attached hydrogens (primary N) is 5. The van der Waals surface area contributed by atoms with E-state index in [1.54, 1.807) is 67.8 Å². The van der Waals surface area contributed by atoms with Crippen LogP contribution in [0.5, 0.6) is 0 Å². The van der Waals surface area contributed by atoms with Crippen LogP contribution in [-0.4, -0.2) is 25.2 Å². The number of carbonyl (C=O) groups is 2. The van der Waals surface area contributed by atoms with Gasteiger partial charge in [-0.1, -0.05) is 50.6 Å². The molecular weight excluding hydrogens is 1460 g/mol. The van der Waals surface area contributed by atoms with E-state index in [0.717, 1.165) is 68.7 Å². The highest BCUT2D eigenvalue weighted by Gasteiger charge is 2.31. The van der Waals surface area contributed by atoms with Crippen LogP contribution in [0.3, 0.4) is 0 Å². The summed E-state index contributed by atoms with van der Waals surface area (Å²) in [5.41, 5.74) is 37.0. The Hall–Kier alpha value is -10.1. The monoisotopic (exact) mass is 1500 g/mol. The van der Waals surface area contributed by atoms with Crippen LogP contribution in [0.1, 0.15) is 98.5 Å². The summed E-state index contributed by atoms with van der Waals surface area (Å²) >= 11 is 20.8. The summed E-state index contributed by atoms with van der Waals surface area (Å²) in [6.07, 6.45) is 3.07. The molecule has 0 saturated carbocycles. The minimum atomic E-state index is -0.466. The molecule has 0 saturated heterocycles. The summed E-state index contributed by atoms with van der Waals surface area (Å²) in [7, 11) is 0. The molecule has 0 bridgehead atoms. The number of rotatable bonds is 8. The van der Waals surface area contributed by atoms with Crippen LogP contribution >= 0.6 is 136 Å². The molecule has 31 heteroatoms. The fourth-order valence-electron chi connectivity index (χ4n) is 9.85. The number of hydrogen-bond donors (Lipinski definition) is 5. The van der Waals surface area contributed by atoms with Gasteiger partial charge in [0.2, 0.25) is 0 Å². The van der Waals surface area contributed by atoms with Crippen molar-refractivity contribution in [3.8, 4) is 92.8 Å². The van der Waals surface area contributed by atoms with Gasteiger partial charge in [-0.2, -0.15) is 42.1 Å². The van der Waals surface area contributed by atoms with Crippen LogP contribution in [0.15, 0.2) is 87.4 Å². The first-order chi connectivity index (χ1) is 46.6. The first-order valence-electron chi connectivity index (χ1n) is 27.8. The van der Waals surface area contributed by atoms with Crippen LogP contribution in [0.4, 0.5) is 28.4 Å². The fraction of sp³-hybridized carbons (Fsp3) is 0.121. The lowest BCUT2D eigenvalue weighted by atomic mass is 9.85. The third kappa shape index (κ3) is 13.4. The SMILES string of the molecule is CC(C)(C)c1c(C#N)sc2sc(C#N)c(N)c12.CCOC(=O)c1sc2sc(C(=O)OCC)c(-c3ccco3)c2c1N.N#Cc1sc2sc(C#N)c(-c3ccc(Cl)cc3)c2c1N.N#Cc1sc2sc(C#N)c(-c3ccco3)c2c1N.N#Cc1sc2sc(C#N)c(-c3cccs3)c2c1N. The quantitative estimate of drug-likeness (QED) is 0.0882. The van der Waals surface area contributed by atoms with Crippen molar-refractivity contribution in [2.24, 2.45) is 0 Å². The number of hydrogen-bond acceptors (Lipinski definition) is 30. The second kappa shape index (κ2) is 29.5. The van der Waals surface area contributed by atoms with Gasteiger partial charge in [-0.05, 0) is 78.2 Å². The lowest BCUT2D eigenvalue weighted by molar-refractivity contribution is 0.0523. The predicted molar refractivity (Wildman–Crippen MR) is 398 cm³/mol. The highest BCUT2D eigenvalue weighted by Crippen LogP contribution is 2.52. The zero-order valence-electron chi connectivity index (χ0n) is 50.7. The molecule has 13 aromatic heterocycles. The summed E-state index contributed by atoms with van der Waals surface area (Å²) in [6, 6.07) is 35.3.